The SMILES string of the molecule is COc1cc(Cl)ccc1COc1cc(C(N)=O)cc2c(Br)c(C(F)(F)P(=O)(O)O)sc12. The minimum atomic E-state index is -5.81. The molecule has 13 heteroatoms. The molecule has 0 radical (unpaired) electrons. The Hall–Kier alpha value is -1.75. The smallest absolute Gasteiger partial charge is 0.400 e. The molecule has 4 N–H and O–H groups in total. The fraction of sp³-hybridized carbons (Fsp3) is 0.167. The Morgan fingerprint density at radius 1 is 1.29 bits per heavy atom. The van der Waals surface area contributed by atoms with Crippen LogP contribution in [0, 0.1) is 0 Å². The van der Waals surface area contributed by atoms with Crippen molar-refractivity contribution < 1.29 is 37.4 Å². The van der Waals surface area contributed by atoms with Gasteiger partial charge in [0.1, 0.15) is 23.0 Å². The summed E-state index contributed by atoms with van der Waals surface area (Å²) in [6, 6.07) is 7.34. The number of hydrogen-bond acceptors (Lipinski definition) is 5. The molecule has 0 spiro atoms. The summed E-state index contributed by atoms with van der Waals surface area (Å²) in [5.74, 6) is -0.380. The van der Waals surface area contributed by atoms with Crippen LogP contribution in [0.4, 0.5) is 8.78 Å². The van der Waals surface area contributed by atoms with Crippen LogP contribution in [0.2, 0.25) is 5.02 Å². The number of halogens is 4. The fourth-order valence-corrected chi connectivity index (χ4v) is 5.85. The molecule has 0 saturated carbocycles. The highest BCUT2D eigenvalue weighted by Gasteiger charge is 2.53. The molecule has 3 aromatic rings. The van der Waals surface area contributed by atoms with E-state index in [1.165, 1.54) is 19.2 Å². The Kier molecular flexibility index (Phi) is 6.67. The Labute approximate surface area is 192 Å². The van der Waals surface area contributed by atoms with E-state index in [9.17, 15) is 18.1 Å². The summed E-state index contributed by atoms with van der Waals surface area (Å²) >= 11 is 9.34. The molecule has 0 bridgehead atoms. The average Bonchev–Trinajstić information content (AvgIpc) is 3.03. The van der Waals surface area contributed by atoms with E-state index in [0.29, 0.717) is 27.7 Å². The van der Waals surface area contributed by atoms with Gasteiger partial charge in [0, 0.05) is 26.0 Å². The molecule has 0 aliphatic carbocycles. The van der Waals surface area contributed by atoms with Crippen molar-refractivity contribution in [2.24, 2.45) is 5.73 Å². The molecule has 0 aliphatic heterocycles. The number of hydrogen-bond donors (Lipinski definition) is 3. The van der Waals surface area contributed by atoms with E-state index in [1.807, 2.05) is 0 Å². The summed E-state index contributed by atoms with van der Waals surface area (Å²) in [6.07, 6.45) is 0. The maximum absolute atomic E-state index is 14.4. The number of alkyl halides is 2. The second-order valence-corrected chi connectivity index (χ2v) is 10.2. The molecular weight excluding hydrogens is 543 g/mol. The van der Waals surface area contributed by atoms with E-state index in [1.54, 1.807) is 18.2 Å². The quantitative estimate of drug-likeness (QED) is 0.343. The zero-order valence-electron chi connectivity index (χ0n) is 15.6. The Morgan fingerprint density at radius 3 is 2.55 bits per heavy atom. The van der Waals surface area contributed by atoms with Crippen molar-refractivity contribution in [2.75, 3.05) is 7.11 Å². The molecular formula is C18H14BrClF2NO6PS. The van der Waals surface area contributed by atoms with Crippen molar-refractivity contribution in [3.05, 3.63) is 55.8 Å². The number of thiophene rings is 1. The topological polar surface area (TPSA) is 119 Å². The number of benzene rings is 2. The maximum Gasteiger partial charge on any atom is 0.400 e. The largest absolute Gasteiger partial charge is 0.496 e. The second-order valence-electron chi connectivity index (χ2n) is 6.29. The summed E-state index contributed by atoms with van der Waals surface area (Å²) < 4.78 is 51.0. The van der Waals surface area contributed by atoms with Gasteiger partial charge in [-0.2, -0.15) is 8.78 Å². The van der Waals surface area contributed by atoms with Crippen molar-refractivity contribution in [3.63, 3.8) is 0 Å². The van der Waals surface area contributed by atoms with E-state index >= 15 is 0 Å². The molecule has 0 saturated heterocycles. The zero-order chi connectivity index (χ0) is 23.1. The molecule has 0 fully saturated rings. The monoisotopic (exact) mass is 555 g/mol. The van der Waals surface area contributed by atoms with Gasteiger partial charge in [-0.25, -0.2) is 0 Å². The molecule has 7 nitrogen and oxygen atoms in total. The lowest BCUT2D eigenvalue weighted by Gasteiger charge is -2.16. The number of rotatable bonds is 7. The third kappa shape index (κ3) is 4.57. The number of methoxy groups -OCH3 is 1. The number of nitrogens with two attached hydrogens (primary N) is 1. The highest BCUT2D eigenvalue weighted by atomic mass is 79.9. The van der Waals surface area contributed by atoms with Crippen LogP contribution in [-0.4, -0.2) is 22.8 Å². The van der Waals surface area contributed by atoms with Gasteiger partial charge in [0.15, 0.2) is 0 Å². The predicted molar refractivity (Wildman–Crippen MR) is 116 cm³/mol. The molecule has 1 aromatic heterocycles. The summed E-state index contributed by atoms with van der Waals surface area (Å²) in [5.41, 5.74) is 1.45. The molecule has 3 rings (SSSR count). The van der Waals surface area contributed by atoms with Gasteiger partial charge < -0.3 is 25.0 Å². The van der Waals surface area contributed by atoms with Gasteiger partial charge >= 0.3 is 13.3 Å². The average molecular weight is 557 g/mol. The molecule has 166 valence electrons. The van der Waals surface area contributed by atoms with Gasteiger partial charge in [-0.1, -0.05) is 17.7 Å². The van der Waals surface area contributed by atoms with E-state index in [2.05, 4.69) is 15.9 Å². The van der Waals surface area contributed by atoms with Crippen LogP contribution in [0.5, 0.6) is 11.5 Å². The van der Waals surface area contributed by atoms with Crippen molar-refractivity contribution in [3.8, 4) is 11.5 Å². The van der Waals surface area contributed by atoms with Gasteiger partial charge in [-0.15, -0.1) is 11.3 Å². The van der Waals surface area contributed by atoms with Crippen LogP contribution in [0.15, 0.2) is 34.8 Å². The standard InChI is InChI=1S/C18H14BrClF2NO6PS/c1-28-12-6-10(20)3-2-8(12)7-29-13-5-9(17(23)24)4-11-14(19)16(31-15(11)13)18(21,22)30(25,26)27/h2-6H,7H2,1H3,(H2,23,24)(H2,25,26,27). The summed E-state index contributed by atoms with van der Waals surface area (Å²) in [7, 11) is -4.37. The van der Waals surface area contributed by atoms with Crippen LogP contribution in [-0.2, 0) is 16.8 Å². The van der Waals surface area contributed by atoms with Gasteiger partial charge in [0.2, 0.25) is 5.91 Å². The van der Waals surface area contributed by atoms with E-state index in [0.717, 1.165) is 0 Å². The van der Waals surface area contributed by atoms with Crippen LogP contribution < -0.4 is 15.2 Å². The normalized spacial score (nSPS) is 12.2. The van der Waals surface area contributed by atoms with E-state index < -0.39 is 24.0 Å². The van der Waals surface area contributed by atoms with Gasteiger partial charge in [-0.05, 0) is 40.2 Å². The third-order valence-electron chi connectivity index (χ3n) is 4.25. The van der Waals surface area contributed by atoms with Crippen molar-refractivity contribution >= 4 is 62.5 Å². The molecule has 0 unspecified atom stereocenters. The number of fused-ring (bicyclic) bond motifs is 1. The second kappa shape index (κ2) is 8.65. The van der Waals surface area contributed by atoms with Crippen LogP contribution in [0.3, 0.4) is 0 Å². The molecule has 0 atom stereocenters. The van der Waals surface area contributed by atoms with Crippen molar-refractivity contribution in [1.29, 1.82) is 0 Å². The van der Waals surface area contributed by atoms with E-state index in [4.69, 9.17) is 36.6 Å². The first kappa shape index (κ1) is 23.9. The lowest BCUT2D eigenvalue weighted by Crippen LogP contribution is -2.12. The van der Waals surface area contributed by atoms with Gasteiger partial charge in [0.05, 0.1) is 11.8 Å². The highest BCUT2D eigenvalue weighted by Crippen LogP contribution is 2.63. The summed E-state index contributed by atoms with van der Waals surface area (Å²) in [4.78, 5) is 29.1. The lowest BCUT2D eigenvalue weighted by atomic mass is 10.1. The first-order valence-electron chi connectivity index (χ1n) is 8.31. The highest BCUT2D eigenvalue weighted by molar-refractivity contribution is 9.10. The predicted octanol–water partition coefficient (Wildman–Crippen LogP) is 5.23. The zero-order valence-corrected chi connectivity index (χ0v) is 19.6. The number of amides is 1. The first-order valence-corrected chi connectivity index (χ1v) is 11.9. The summed E-state index contributed by atoms with van der Waals surface area (Å²) in [6.45, 7) is -0.0720. The van der Waals surface area contributed by atoms with Crippen LogP contribution >= 0.6 is 46.5 Å². The summed E-state index contributed by atoms with van der Waals surface area (Å²) in [5, 5.41) is 0.535. The van der Waals surface area contributed by atoms with Crippen molar-refractivity contribution in [2.45, 2.75) is 12.3 Å². The fourth-order valence-electron chi connectivity index (χ4n) is 2.71. The third-order valence-corrected chi connectivity index (χ3v) is 7.97. The minimum Gasteiger partial charge on any atom is -0.496 e. The Balaban J connectivity index is 2.13. The molecule has 2 aromatic carbocycles. The molecule has 31 heavy (non-hydrogen) atoms. The number of ether oxygens (including phenoxy) is 2. The Morgan fingerprint density at radius 2 is 1.97 bits per heavy atom. The van der Waals surface area contributed by atoms with Crippen molar-refractivity contribution in [1.82, 2.24) is 0 Å². The van der Waals surface area contributed by atoms with Crippen LogP contribution in [0.1, 0.15) is 20.8 Å². The molecule has 1 amide bonds. The number of carbonyl (C=O) groups is 1. The number of carbonyl (C=O) groups excluding carboxylic acids is 1. The van der Waals surface area contributed by atoms with Crippen LogP contribution in [0.25, 0.3) is 10.1 Å². The lowest BCUT2D eigenvalue weighted by molar-refractivity contribution is 0.0595. The number of primary amides is 1. The molecule has 1 heterocycles. The van der Waals surface area contributed by atoms with Gasteiger partial charge in [-0.3, -0.25) is 9.36 Å². The Bertz CT molecular complexity index is 1230. The molecule has 0 aliphatic rings. The van der Waals surface area contributed by atoms with Gasteiger partial charge in [0.25, 0.3) is 0 Å². The minimum absolute atomic E-state index is 0.0294. The first-order chi connectivity index (χ1) is 14.4. The van der Waals surface area contributed by atoms with E-state index in [-0.39, 0.29) is 32.5 Å². The maximum atomic E-state index is 14.4.